The highest BCUT2D eigenvalue weighted by atomic mass is 16.5. The molecule has 1 saturated heterocycles. The van der Waals surface area contributed by atoms with Crippen molar-refractivity contribution in [2.24, 2.45) is 0 Å². The number of likely N-dealkylation sites (tertiary alicyclic amines) is 1. The molecular formula is C26H30NO6+. The van der Waals surface area contributed by atoms with Gasteiger partial charge in [-0.25, -0.2) is 4.79 Å². The van der Waals surface area contributed by atoms with Crippen molar-refractivity contribution < 1.29 is 28.7 Å². The van der Waals surface area contributed by atoms with E-state index in [-0.39, 0.29) is 16.9 Å². The largest absolute Gasteiger partial charge is 0.507 e. The van der Waals surface area contributed by atoms with Crippen molar-refractivity contribution >= 4 is 16.9 Å². The summed E-state index contributed by atoms with van der Waals surface area (Å²) in [6.45, 7) is 6.14. The zero-order chi connectivity index (χ0) is 23.4. The second-order valence-corrected chi connectivity index (χ2v) is 8.61. The molecule has 1 aliphatic rings. The number of carbonyl (C=O) groups excluding carboxylic acids is 1. The van der Waals surface area contributed by atoms with Crippen LogP contribution in [0, 0.1) is 0 Å². The molecule has 0 radical (unpaired) electrons. The Labute approximate surface area is 192 Å². The number of phenols is 1. The molecule has 0 aliphatic carbocycles. The van der Waals surface area contributed by atoms with Crippen molar-refractivity contribution in [1.29, 1.82) is 0 Å². The van der Waals surface area contributed by atoms with Crippen LogP contribution in [0.5, 0.6) is 17.2 Å². The van der Waals surface area contributed by atoms with Crippen LogP contribution in [0.25, 0.3) is 11.0 Å². The lowest BCUT2D eigenvalue weighted by Crippen LogP contribution is -3.14. The highest BCUT2D eigenvalue weighted by Crippen LogP contribution is 2.28. The maximum atomic E-state index is 13.1. The van der Waals surface area contributed by atoms with Gasteiger partial charge >= 0.3 is 5.97 Å². The molecule has 1 fully saturated rings. The predicted molar refractivity (Wildman–Crippen MR) is 124 cm³/mol. The number of aromatic hydroxyl groups is 1. The fourth-order valence-corrected chi connectivity index (χ4v) is 4.28. The number of carbonyl (C=O) groups is 1. The van der Waals surface area contributed by atoms with Gasteiger partial charge in [-0.15, -0.1) is 0 Å². The van der Waals surface area contributed by atoms with E-state index in [0.717, 1.165) is 25.8 Å². The topological polar surface area (TPSA) is 90.4 Å². The van der Waals surface area contributed by atoms with Crippen LogP contribution in [-0.2, 0) is 11.3 Å². The van der Waals surface area contributed by atoms with E-state index in [1.165, 1.54) is 17.6 Å². The quantitative estimate of drug-likeness (QED) is 0.530. The van der Waals surface area contributed by atoms with E-state index in [4.69, 9.17) is 13.9 Å². The van der Waals surface area contributed by atoms with Crippen molar-refractivity contribution in [3.8, 4) is 17.2 Å². The lowest BCUT2D eigenvalue weighted by Gasteiger charge is -2.30. The average molecular weight is 453 g/mol. The molecule has 1 aromatic heterocycles. The highest BCUT2D eigenvalue weighted by Gasteiger charge is 2.25. The smallest absolute Gasteiger partial charge is 0.338 e. The third kappa shape index (κ3) is 5.03. The summed E-state index contributed by atoms with van der Waals surface area (Å²) in [7, 11) is 0. The van der Waals surface area contributed by atoms with E-state index in [1.54, 1.807) is 36.4 Å². The fraction of sp³-hybridized carbons (Fsp3) is 0.385. The molecule has 0 amide bonds. The van der Waals surface area contributed by atoms with Crippen molar-refractivity contribution in [2.75, 3.05) is 13.2 Å². The molecule has 0 saturated carbocycles. The Balaban J connectivity index is 1.58. The SMILES string of the molecule is CCCOC(=O)c1ccc(Oc2coc3c(C[NH+]4CCCC[C@@H]4C)c(O)ccc3c2=O)cc1. The molecule has 2 aromatic carbocycles. The van der Waals surface area contributed by atoms with Gasteiger partial charge in [-0.3, -0.25) is 4.79 Å². The molecule has 2 N–H and O–H groups in total. The Morgan fingerprint density at radius 3 is 2.70 bits per heavy atom. The zero-order valence-corrected chi connectivity index (χ0v) is 19.1. The summed E-state index contributed by atoms with van der Waals surface area (Å²) in [6, 6.07) is 10.00. The van der Waals surface area contributed by atoms with Crippen molar-refractivity contribution in [2.45, 2.75) is 52.1 Å². The first kappa shape index (κ1) is 22.9. The lowest BCUT2D eigenvalue weighted by molar-refractivity contribution is -0.941. The molecule has 4 rings (SSSR count). The minimum Gasteiger partial charge on any atom is -0.507 e. The highest BCUT2D eigenvalue weighted by molar-refractivity contribution is 5.89. The third-order valence-electron chi connectivity index (χ3n) is 6.23. The first-order chi connectivity index (χ1) is 16.0. The molecular weight excluding hydrogens is 422 g/mol. The maximum absolute atomic E-state index is 13.1. The number of hydrogen-bond donors (Lipinski definition) is 2. The van der Waals surface area contributed by atoms with Gasteiger partial charge in [0, 0.05) is 0 Å². The van der Waals surface area contributed by atoms with Crippen LogP contribution in [-0.4, -0.2) is 30.3 Å². The minimum atomic E-state index is -0.397. The van der Waals surface area contributed by atoms with Crippen molar-refractivity contribution in [1.82, 2.24) is 0 Å². The number of nitrogens with one attached hydrogen (secondary N) is 1. The molecule has 0 spiro atoms. The van der Waals surface area contributed by atoms with Gasteiger partial charge in [0.2, 0.25) is 11.2 Å². The van der Waals surface area contributed by atoms with Crippen LogP contribution < -0.4 is 15.1 Å². The van der Waals surface area contributed by atoms with Crippen LogP contribution in [0.15, 0.2) is 51.9 Å². The molecule has 0 bridgehead atoms. The van der Waals surface area contributed by atoms with Gasteiger partial charge in [-0.05, 0) is 69.0 Å². The van der Waals surface area contributed by atoms with Gasteiger partial charge in [0.05, 0.1) is 35.7 Å². The molecule has 2 atom stereocenters. The van der Waals surface area contributed by atoms with Gasteiger partial charge in [0.25, 0.3) is 0 Å². The van der Waals surface area contributed by atoms with Gasteiger partial charge < -0.3 is 23.9 Å². The van der Waals surface area contributed by atoms with E-state index in [1.807, 2.05) is 6.92 Å². The second-order valence-electron chi connectivity index (χ2n) is 8.61. The molecule has 7 nitrogen and oxygen atoms in total. The normalized spacial score (nSPS) is 18.2. The third-order valence-corrected chi connectivity index (χ3v) is 6.23. The Hall–Kier alpha value is -3.32. The van der Waals surface area contributed by atoms with E-state index in [9.17, 15) is 14.7 Å². The molecule has 1 aliphatic heterocycles. The van der Waals surface area contributed by atoms with Crippen LogP contribution in [0.1, 0.15) is 55.5 Å². The molecule has 174 valence electrons. The first-order valence-corrected chi connectivity index (χ1v) is 11.5. The standard InChI is InChI=1S/C26H29NO6/c1-3-14-31-26(30)18-7-9-19(10-8-18)33-23-16-32-25-20(24(23)29)11-12-22(28)21(25)15-27-13-5-4-6-17(27)2/h7-12,16-17,28H,3-6,13-15H2,1-2H3/p+1/t17-/m0/s1. The Kier molecular flexibility index (Phi) is 6.99. The van der Waals surface area contributed by atoms with E-state index in [2.05, 4.69) is 6.92 Å². The summed E-state index contributed by atoms with van der Waals surface area (Å²) in [5.41, 5.74) is 1.14. The molecule has 7 heteroatoms. The molecule has 3 aromatic rings. The van der Waals surface area contributed by atoms with E-state index < -0.39 is 5.97 Å². The lowest BCUT2D eigenvalue weighted by atomic mass is 10.0. The minimum absolute atomic E-state index is 0.0409. The molecule has 33 heavy (non-hydrogen) atoms. The summed E-state index contributed by atoms with van der Waals surface area (Å²) in [5.74, 6) is 0.180. The van der Waals surface area contributed by atoms with Gasteiger partial charge in [0.1, 0.15) is 24.3 Å². The summed E-state index contributed by atoms with van der Waals surface area (Å²) in [5, 5.41) is 10.9. The van der Waals surface area contributed by atoms with Gasteiger partial charge in [0.15, 0.2) is 5.58 Å². The van der Waals surface area contributed by atoms with Crippen LogP contribution in [0.4, 0.5) is 0 Å². The van der Waals surface area contributed by atoms with Crippen molar-refractivity contribution in [3.63, 3.8) is 0 Å². The summed E-state index contributed by atoms with van der Waals surface area (Å²) in [6.07, 6.45) is 5.57. The number of benzene rings is 2. The van der Waals surface area contributed by atoms with Crippen LogP contribution in [0.3, 0.4) is 0 Å². The Bertz CT molecular complexity index is 1180. The summed E-state index contributed by atoms with van der Waals surface area (Å²) in [4.78, 5) is 26.4. The number of esters is 1. The van der Waals surface area contributed by atoms with Crippen LogP contribution in [0.2, 0.25) is 0 Å². The molecule has 1 unspecified atom stereocenters. The van der Waals surface area contributed by atoms with Gasteiger partial charge in [-0.1, -0.05) is 6.92 Å². The number of fused-ring (bicyclic) bond motifs is 1. The van der Waals surface area contributed by atoms with Crippen LogP contribution >= 0.6 is 0 Å². The fourth-order valence-electron chi connectivity index (χ4n) is 4.28. The predicted octanol–water partition coefficient (Wildman–Crippen LogP) is 3.82. The van der Waals surface area contributed by atoms with Gasteiger partial charge in [-0.2, -0.15) is 0 Å². The molecule has 2 heterocycles. The zero-order valence-electron chi connectivity index (χ0n) is 19.1. The number of rotatable bonds is 7. The Morgan fingerprint density at radius 2 is 1.97 bits per heavy atom. The maximum Gasteiger partial charge on any atom is 0.338 e. The first-order valence-electron chi connectivity index (χ1n) is 11.5. The summed E-state index contributed by atoms with van der Waals surface area (Å²) >= 11 is 0. The summed E-state index contributed by atoms with van der Waals surface area (Å²) < 4.78 is 16.7. The average Bonchev–Trinajstić information content (AvgIpc) is 2.82. The van der Waals surface area contributed by atoms with E-state index >= 15 is 0 Å². The number of hydrogen-bond acceptors (Lipinski definition) is 6. The number of phenolic OH excluding ortho intramolecular Hbond substituents is 1. The number of quaternary nitrogens is 1. The second kappa shape index (κ2) is 10.1. The van der Waals surface area contributed by atoms with Crippen molar-refractivity contribution in [3.05, 3.63) is 64.0 Å². The Morgan fingerprint density at radius 1 is 1.18 bits per heavy atom. The number of ether oxygens (including phenoxy) is 2. The monoisotopic (exact) mass is 452 g/mol. The van der Waals surface area contributed by atoms with E-state index in [0.29, 0.717) is 47.0 Å². The number of piperidine rings is 1.